The lowest BCUT2D eigenvalue weighted by Crippen LogP contribution is -2.11. The van der Waals surface area contributed by atoms with Gasteiger partial charge < -0.3 is 4.74 Å². The second-order valence-corrected chi connectivity index (χ2v) is 4.97. The lowest BCUT2D eigenvalue weighted by Gasteiger charge is -2.02. The summed E-state index contributed by atoms with van der Waals surface area (Å²) in [4.78, 5) is 42.3. The smallest absolute Gasteiger partial charge is 0.386 e. The van der Waals surface area contributed by atoms with Crippen LogP contribution in [-0.4, -0.2) is 24.5 Å². The van der Waals surface area contributed by atoms with Crippen molar-refractivity contribution in [1.82, 2.24) is 0 Å². The van der Waals surface area contributed by atoms with Gasteiger partial charge in [0.1, 0.15) is 0 Å². The summed E-state index contributed by atoms with van der Waals surface area (Å²) in [6.07, 6.45) is 0. The molecule has 0 saturated heterocycles. The first-order valence-corrected chi connectivity index (χ1v) is 7.81. The number of hydrogen-bond donors (Lipinski definition) is 0. The van der Waals surface area contributed by atoms with Gasteiger partial charge in [-0.2, -0.15) is 0 Å². The molecule has 0 spiro atoms. The van der Waals surface area contributed by atoms with Crippen molar-refractivity contribution >= 4 is 17.9 Å². The van der Waals surface area contributed by atoms with Crippen LogP contribution >= 0.6 is 0 Å². The van der Waals surface area contributed by atoms with Gasteiger partial charge in [-0.25, -0.2) is 24.2 Å². The van der Waals surface area contributed by atoms with Crippen molar-refractivity contribution in [2.24, 2.45) is 0 Å². The second kappa shape index (κ2) is 11.2. The molecule has 0 heterocycles. The zero-order valence-electron chi connectivity index (χ0n) is 14.6. The van der Waals surface area contributed by atoms with E-state index in [9.17, 15) is 14.4 Å². The van der Waals surface area contributed by atoms with Crippen LogP contribution in [0.5, 0.6) is 0 Å². The zero-order chi connectivity index (χ0) is 19.4. The van der Waals surface area contributed by atoms with Gasteiger partial charge in [0.15, 0.2) is 0 Å². The molecule has 6 nitrogen and oxygen atoms in total. The molecule has 6 heteroatoms. The first kappa shape index (κ1) is 20.6. The highest BCUT2D eigenvalue weighted by molar-refractivity contribution is 5.92. The molecule has 2 aromatic rings. The lowest BCUT2D eigenvalue weighted by molar-refractivity contribution is -0.187. The molecule has 136 valence electrons. The molecule has 0 N–H and O–H groups in total. The summed E-state index contributed by atoms with van der Waals surface area (Å²) in [5.74, 6) is -1.73. The van der Waals surface area contributed by atoms with Crippen molar-refractivity contribution in [3.05, 3.63) is 83.9 Å². The molecule has 26 heavy (non-hydrogen) atoms. The fourth-order valence-corrected chi connectivity index (χ4v) is 1.57. The molecule has 0 saturated carbocycles. The van der Waals surface area contributed by atoms with E-state index in [1.54, 1.807) is 74.5 Å². The first-order valence-electron chi connectivity index (χ1n) is 7.81. The predicted octanol–water partition coefficient (Wildman–Crippen LogP) is 3.74. The molecule has 0 aliphatic carbocycles. The second-order valence-electron chi connectivity index (χ2n) is 4.97. The molecule has 0 aliphatic rings. The number of carbonyl (C=O) groups is 3. The van der Waals surface area contributed by atoms with Gasteiger partial charge in [-0.05, 0) is 38.1 Å². The van der Waals surface area contributed by atoms with Crippen LogP contribution in [0.15, 0.2) is 72.8 Å². The van der Waals surface area contributed by atoms with E-state index in [1.165, 1.54) is 0 Å². The molecule has 0 bridgehead atoms. The van der Waals surface area contributed by atoms with Crippen LogP contribution < -0.4 is 0 Å². The van der Waals surface area contributed by atoms with Crippen LogP contribution in [0, 0.1) is 0 Å². The molecule has 0 fully saturated rings. The van der Waals surface area contributed by atoms with E-state index >= 15 is 0 Å². The molecule has 0 aromatic heterocycles. The van der Waals surface area contributed by atoms with Gasteiger partial charge in [0.05, 0.1) is 17.7 Å². The van der Waals surface area contributed by atoms with E-state index in [-0.39, 0.29) is 5.97 Å². The molecule has 0 amide bonds. The lowest BCUT2D eigenvalue weighted by atomic mass is 10.2. The molecule has 0 unspecified atom stereocenters. The van der Waals surface area contributed by atoms with Gasteiger partial charge in [0, 0.05) is 5.57 Å². The van der Waals surface area contributed by atoms with E-state index in [0.717, 1.165) is 0 Å². The van der Waals surface area contributed by atoms with E-state index in [0.29, 0.717) is 23.3 Å². The Balaban J connectivity index is 0.000000359. The zero-order valence-corrected chi connectivity index (χ0v) is 14.6. The maximum Gasteiger partial charge on any atom is 0.386 e. The topological polar surface area (TPSA) is 78.9 Å². The molecule has 2 aromatic carbocycles. The first-order chi connectivity index (χ1) is 12.5. The van der Waals surface area contributed by atoms with Gasteiger partial charge in [-0.1, -0.05) is 43.0 Å². The Morgan fingerprint density at radius 1 is 0.808 bits per heavy atom. The minimum Gasteiger partial charge on any atom is -0.463 e. The number of ether oxygens (including phenoxy) is 1. The molecule has 0 atom stereocenters. The highest BCUT2D eigenvalue weighted by Gasteiger charge is 2.13. The van der Waals surface area contributed by atoms with Crippen LogP contribution in [-0.2, 0) is 19.3 Å². The molecular formula is C20H20O6. The Morgan fingerprint density at radius 2 is 1.19 bits per heavy atom. The summed E-state index contributed by atoms with van der Waals surface area (Å²) in [6, 6.07) is 16.6. The van der Waals surface area contributed by atoms with E-state index < -0.39 is 11.9 Å². The molecule has 0 aliphatic heterocycles. The molecular weight excluding hydrogens is 336 g/mol. The summed E-state index contributed by atoms with van der Waals surface area (Å²) in [5, 5.41) is 0. The molecule has 0 radical (unpaired) electrons. The fourth-order valence-electron chi connectivity index (χ4n) is 1.57. The van der Waals surface area contributed by atoms with Crippen LogP contribution in [0.1, 0.15) is 34.6 Å². The van der Waals surface area contributed by atoms with Gasteiger partial charge in [-0.3, -0.25) is 0 Å². The van der Waals surface area contributed by atoms with Crippen LogP contribution in [0.25, 0.3) is 0 Å². The van der Waals surface area contributed by atoms with Crippen molar-refractivity contribution in [3.8, 4) is 0 Å². The number of rotatable bonds is 4. The number of carbonyl (C=O) groups excluding carboxylic acids is 3. The Hall–Kier alpha value is -3.41. The quantitative estimate of drug-likeness (QED) is 0.359. The average Bonchev–Trinajstić information content (AvgIpc) is 2.68. The number of benzene rings is 2. The largest absolute Gasteiger partial charge is 0.463 e. The van der Waals surface area contributed by atoms with E-state index in [4.69, 9.17) is 0 Å². The highest BCUT2D eigenvalue weighted by atomic mass is 17.2. The Kier molecular flexibility index (Phi) is 8.89. The molecule has 2 rings (SSSR count). The van der Waals surface area contributed by atoms with Gasteiger partial charge in [0.2, 0.25) is 0 Å². The van der Waals surface area contributed by atoms with Crippen molar-refractivity contribution in [3.63, 3.8) is 0 Å². The Bertz CT molecular complexity index is 686. The van der Waals surface area contributed by atoms with Crippen molar-refractivity contribution < 1.29 is 28.9 Å². The van der Waals surface area contributed by atoms with Crippen LogP contribution in [0.2, 0.25) is 0 Å². The van der Waals surface area contributed by atoms with Crippen LogP contribution in [0.4, 0.5) is 0 Å². The Labute approximate surface area is 151 Å². The third-order valence-corrected chi connectivity index (χ3v) is 2.84. The summed E-state index contributed by atoms with van der Waals surface area (Å²) < 4.78 is 4.56. The van der Waals surface area contributed by atoms with E-state index in [1.807, 2.05) is 0 Å². The third-order valence-electron chi connectivity index (χ3n) is 2.84. The summed E-state index contributed by atoms with van der Waals surface area (Å²) in [6.45, 7) is 7.21. The van der Waals surface area contributed by atoms with Crippen molar-refractivity contribution in [1.29, 1.82) is 0 Å². The van der Waals surface area contributed by atoms with Crippen LogP contribution in [0.3, 0.4) is 0 Å². The summed E-state index contributed by atoms with van der Waals surface area (Å²) in [5.41, 5.74) is 1.09. The average molecular weight is 356 g/mol. The summed E-state index contributed by atoms with van der Waals surface area (Å²) in [7, 11) is 0. The third kappa shape index (κ3) is 7.44. The monoisotopic (exact) mass is 356 g/mol. The maximum atomic E-state index is 11.5. The maximum absolute atomic E-state index is 11.5. The Morgan fingerprint density at radius 3 is 1.46 bits per heavy atom. The standard InChI is InChI=1S/C14H10O4.C6H10O2/c15-13(11-7-3-1-4-8-11)17-18-14(16)12-9-5-2-6-10-12;1-4-8-6(7)5(2)3/h1-10H;2,4H2,1,3H3. The SMILES string of the molecule is C=C(C)C(=O)OCC.O=C(OOC(=O)c1ccccc1)c1ccccc1. The van der Waals surface area contributed by atoms with E-state index in [2.05, 4.69) is 21.1 Å². The van der Waals surface area contributed by atoms with Gasteiger partial charge in [-0.15, -0.1) is 0 Å². The van der Waals surface area contributed by atoms with Gasteiger partial charge in [0.25, 0.3) is 0 Å². The fraction of sp³-hybridized carbons (Fsp3) is 0.150. The van der Waals surface area contributed by atoms with Crippen molar-refractivity contribution in [2.45, 2.75) is 13.8 Å². The summed E-state index contributed by atoms with van der Waals surface area (Å²) >= 11 is 0. The highest BCUT2D eigenvalue weighted by Crippen LogP contribution is 2.05. The normalized spacial score (nSPS) is 9.15. The number of esters is 1. The number of hydrogen-bond acceptors (Lipinski definition) is 6. The predicted molar refractivity (Wildman–Crippen MR) is 95.2 cm³/mol. The van der Waals surface area contributed by atoms with Crippen molar-refractivity contribution in [2.75, 3.05) is 6.61 Å². The minimum atomic E-state index is -0.708. The van der Waals surface area contributed by atoms with Gasteiger partial charge >= 0.3 is 17.9 Å². The minimum absolute atomic E-state index is 0.312.